The molecule has 2 N–H and O–H groups in total. The monoisotopic (exact) mass is 267 g/mol. The van der Waals surface area contributed by atoms with Crippen LogP contribution in [-0.4, -0.2) is 48.4 Å². The van der Waals surface area contributed by atoms with Crippen LogP contribution in [0.2, 0.25) is 0 Å². The maximum absolute atomic E-state index is 11.9. The molecule has 0 radical (unpaired) electrons. The van der Waals surface area contributed by atoms with E-state index in [0.29, 0.717) is 12.3 Å². The summed E-state index contributed by atoms with van der Waals surface area (Å²) in [7, 11) is 0. The Balaban J connectivity index is 1.69. The molecule has 2 rings (SSSR count). The molecule has 1 unspecified atom stereocenters. The number of nitrogens with one attached hydrogen (secondary N) is 2. The molecule has 0 spiro atoms. The first-order chi connectivity index (χ1) is 9.06. The third kappa shape index (κ3) is 3.93. The van der Waals surface area contributed by atoms with E-state index in [9.17, 15) is 9.59 Å². The lowest BCUT2D eigenvalue weighted by Gasteiger charge is -2.34. The summed E-state index contributed by atoms with van der Waals surface area (Å²) in [6.45, 7) is 6.62. The normalized spacial score (nSPS) is 24.2. The van der Waals surface area contributed by atoms with Crippen molar-refractivity contribution in [1.82, 2.24) is 15.5 Å². The predicted molar refractivity (Wildman–Crippen MR) is 73.6 cm³/mol. The highest BCUT2D eigenvalue weighted by Crippen LogP contribution is 2.14. The van der Waals surface area contributed by atoms with E-state index in [2.05, 4.69) is 24.5 Å². The number of nitrogens with zero attached hydrogens (tertiary/aromatic N) is 1. The Morgan fingerprint density at radius 3 is 2.37 bits per heavy atom. The number of likely N-dealkylation sites (tertiary alicyclic amines) is 1. The molecule has 0 aromatic carbocycles. The number of rotatable bonds is 4. The van der Waals surface area contributed by atoms with Crippen LogP contribution in [0.15, 0.2) is 0 Å². The molecular formula is C14H25N3O2. The van der Waals surface area contributed by atoms with E-state index < -0.39 is 0 Å². The van der Waals surface area contributed by atoms with Crippen LogP contribution >= 0.6 is 0 Å². The van der Waals surface area contributed by atoms with Crippen LogP contribution in [0.3, 0.4) is 0 Å². The zero-order chi connectivity index (χ0) is 13.8. The van der Waals surface area contributed by atoms with Gasteiger partial charge in [0.15, 0.2) is 0 Å². The third-order valence-corrected chi connectivity index (χ3v) is 3.92. The lowest BCUT2D eigenvalue weighted by molar-refractivity contribution is -0.133. The Hall–Kier alpha value is -1.10. The zero-order valence-corrected chi connectivity index (χ0v) is 11.9. The van der Waals surface area contributed by atoms with Gasteiger partial charge in [0, 0.05) is 25.6 Å². The number of amides is 2. The Kier molecular flexibility index (Phi) is 4.80. The van der Waals surface area contributed by atoms with E-state index in [-0.39, 0.29) is 23.9 Å². The average Bonchev–Trinajstić information content (AvgIpc) is 2.26. The van der Waals surface area contributed by atoms with Gasteiger partial charge >= 0.3 is 0 Å². The maximum atomic E-state index is 11.9. The molecule has 2 aliphatic rings. The zero-order valence-electron chi connectivity index (χ0n) is 11.9. The molecule has 108 valence electrons. The van der Waals surface area contributed by atoms with Crippen LogP contribution < -0.4 is 10.6 Å². The van der Waals surface area contributed by atoms with Crippen molar-refractivity contribution >= 4 is 11.8 Å². The van der Waals surface area contributed by atoms with Gasteiger partial charge in [-0.3, -0.25) is 9.59 Å². The highest BCUT2D eigenvalue weighted by atomic mass is 16.2. The van der Waals surface area contributed by atoms with Gasteiger partial charge in [-0.05, 0) is 31.7 Å². The molecule has 2 heterocycles. The number of carbonyl (C=O) groups is 2. The minimum atomic E-state index is 0.0144. The minimum absolute atomic E-state index is 0.0144. The second kappa shape index (κ2) is 6.37. The molecule has 0 saturated carbocycles. The molecule has 0 aromatic rings. The van der Waals surface area contributed by atoms with Gasteiger partial charge in [-0.1, -0.05) is 13.8 Å². The van der Waals surface area contributed by atoms with Crippen molar-refractivity contribution in [2.24, 2.45) is 5.92 Å². The average molecular weight is 267 g/mol. The van der Waals surface area contributed by atoms with Gasteiger partial charge in [0.05, 0.1) is 6.04 Å². The highest BCUT2D eigenvalue weighted by molar-refractivity contribution is 5.83. The maximum Gasteiger partial charge on any atom is 0.237 e. The molecule has 19 heavy (non-hydrogen) atoms. The molecule has 2 aliphatic heterocycles. The van der Waals surface area contributed by atoms with Gasteiger partial charge in [-0.2, -0.15) is 0 Å². The molecule has 2 fully saturated rings. The lowest BCUT2D eigenvalue weighted by Crippen LogP contribution is -2.56. The molecule has 5 heteroatoms. The number of hydrogen-bond acceptors (Lipinski definition) is 3. The van der Waals surface area contributed by atoms with Crippen molar-refractivity contribution in [3.8, 4) is 0 Å². The quantitative estimate of drug-likeness (QED) is 0.780. The summed E-state index contributed by atoms with van der Waals surface area (Å²) in [5.41, 5.74) is 0. The van der Waals surface area contributed by atoms with E-state index in [1.54, 1.807) is 0 Å². The predicted octanol–water partition coefficient (Wildman–Crippen LogP) is 0.502. The van der Waals surface area contributed by atoms with Crippen LogP contribution in [0, 0.1) is 5.92 Å². The third-order valence-electron chi connectivity index (χ3n) is 3.92. The van der Waals surface area contributed by atoms with Crippen molar-refractivity contribution < 1.29 is 9.59 Å². The Morgan fingerprint density at radius 2 is 1.89 bits per heavy atom. The first-order valence-electron chi connectivity index (χ1n) is 7.38. The van der Waals surface area contributed by atoms with E-state index in [1.165, 1.54) is 0 Å². The smallest absolute Gasteiger partial charge is 0.237 e. The SMILES string of the molecule is CC(C)CC(=O)N1CCC(NC(=O)C2CCN2)CC1. The highest BCUT2D eigenvalue weighted by Gasteiger charge is 2.28. The summed E-state index contributed by atoms with van der Waals surface area (Å²) in [4.78, 5) is 25.7. The molecule has 0 aliphatic carbocycles. The molecule has 1 atom stereocenters. The Labute approximate surface area is 115 Å². The summed E-state index contributed by atoms with van der Waals surface area (Å²) in [6.07, 6.45) is 3.32. The van der Waals surface area contributed by atoms with Gasteiger partial charge in [0.25, 0.3) is 0 Å². The minimum Gasteiger partial charge on any atom is -0.352 e. The van der Waals surface area contributed by atoms with Gasteiger partial charge < -0.3 is 15.5 Å². The van der Waals surface area contributed by atoms with E-state index in [0.717, 1.165) is 38.9 Å². The summed E-state index contributed by atoms with van der Waals surface area (Å²) < 4.78 is 0. The largest absolute Gasteiger partial charge is 0.352 e. The van der Waals surface area contributed by atoms with E-state index in [1.807, 2.05) is 4.90 Å². The second-order valence-electron chi connectivity index (χ2n) is 6.06. The van der Waals surface area contributed by atoms with Crippen molar-refractivity contribution in [3.63, 3.8) is 0 Å². The molecule has 5 nitrogen and oxygen atoms in total. The van der Waals surface area contributed by atoms with Crippen molar-refractivity contribution in [2.45, 2.75) is 51.6 Å². The molecule has 0 bridgehead atoms. The fraction of sp³-hybridized carbons (Fsp3) is 0.857. The molecule has 0 aromatic heterocycles. The summed E-state index contributed by atoms with van der Waals surface area (Å²) in [6, 6.07) is 0.249. The fourth-order valence-electron chi connectivity index (χ4n) is 2.57. The number of carbonyl (C=O) groups excluding carboxylic acids is 2. The van der Waals surface area contributed by atoms with Crippen molar-refractivity contribution in [1.29, 1.82) is 0 Å². The summed E-state index contributed by atoms with van der Waals surface area (Å²) in [5, 5.41) is 6.19. The van der Waals surface area contributed by atoms with Gasteiger partial charge in [0.1, 0.15) is 0 Å². The Bertz CT molecular complexity index is 332. The standard InChI is InChI=1S/C14H25N3O2/c1-10(2)9-13(18)17-7-4-11(5-8-17)16-14(19)12-3-6-15-12/h10-12,15H,3-9H2,1-2H3,(H,16,19). The number of hydrogen-bond donors (Lipinski definition) is 2. The van der Waals surface area contributed by atoms with Crippen LogP contribution in [0.25, 0.3) is 0 Å². The van der Waals surface area contributed by atoms with Crippen LogP contribution in [-0.2, 0) is 9.59 Å². The first-order valence-corrected chi connectivity index (χ1v) is 7.38. The van der Waals surface area contributed by atoms with Crippen LogP contribution in [0.5, 0.6) is 0 Å². The van der Waals surface area contributed by atoms with Crippen molar-refractivity contribution in [3.05, 3.63) is 0 Å². The lowest BCUT2D eigenvalue weighted by atomic mass is 10.0. The number of piperidine rings is 1. The van der Waals surface area contributed by atoms with E-state index >= 15 is 0 Å². The molecule has 2 saturated heterocycles. The van der Waals surface area contributed by atoms with Gasteiger partial charge in [0.2, 0.25) is 11.8 Å². The van der Waals surface area contributed by atoms with Crippen LogP contribution in [0.1, 0.15) is 39.5 Å². The summed E-state index contributed by atoms with van der Waals surface area (Å²) >= 11 is 0. The Morgan fingerprint density at radius 1 is 1.26 bits per heavy atom. The first kappa shape index (κ1) is 14.3. The topological polar surface area (TPSA) is 61.4 Å². The summed E-state index contributed by atoms with van der Waals surface area (Å²) in [5.74, 6) is 0.785. The molecular weight excluding hydrogens is 242 g/mol. The van der Waals surface area contributed by atoms with E-state index in [4.69, 9.17) is 0 Å². The second-order valence-corrected chi connectivity index (χ2v) is 6.06. The van der Waals surface area contributed by atoms with Gasteiger partial charge in [-0.25, -0.2) is 0 Å². The van der Waals surface area contributed by atoms with Gasteiger partial charge in [-0.15, -0.1) is 0 Å². The van der Waals surface area contributed by atoms with Crippen LogP contribution in [0.4, 0.5) is 0 Å². The fourth-order valence-corrected chi connectivity index (χ4v) is 2.57. The molecule has 2 amide bonds. The van der Waals surface area contributed by atoms with Crippen molar-refractivity contribution in [2.75, 3.05) is 19.6 Å².